The van der Waals surface area contributed by atoms with Crippen molar-refractivity contribution < 1.29 is 14.6 Å². The van der Waals surface area contributed by atoms with Crippen LogP contribution < -0.4 is 10.5 Å². The Labute approximate surface area is 111 Å². The molecule has 19 heavy (non-hydrogen) atoms. The van der Waals surface area contributed by atoms with Crippen molar-refractivity contribution in [3.05, 3.63) is 30.0 Å². The fraction of sp³-hybridized carbons (Fsp3) is 0.357. The number of aromatic nitrogens is 1. The van der Waals surface area contributed by atoms with Gasteiger partial charge in [-0.05, 0) is 24.6 Å². The number of aryl methyl sites for hydroxylation is 1. The maximum atomic E-state index is 10.7. The minimum Gasteiger partial charge on any atom is -0.496 e. The SMILES string of the molecule is COc1ccc2c(ccn2C)c1C(N)CCC(=O)O. The molecule has 1 aromatic carbocycles. The van der Waals surface area contributed by atoms with E-state index in [1.807, 2.05) is 36.0 Å². The molecule has 5 heteroatoms. The average Bonchev–Trinajstić information content (AvgIpc) is 2.76. The molecule has 0 aliphatic carbocycles. The number of methoxy groups -OCH3 is 1. The van der Waals surface area contributed by atoms with Crippen molar-refractivity contribution in [2.75, 3.05) is 7.11 Å². The van der Waals surface area contributed by atoms with Crippen molar-refractivity contribution in [3.63, 3.8) is 0 Å². The zero-order chi connectivity index (χ0) is 14.0. The van der Waals surface area contributed by atoms with E-state index in [0.29, 0.717) is 12.2 Å². The molecule has 5 nitrogen and oxygen atoms in total. The largest absolute Gasteiger partial charge is 0.496 e. The predicted molar refractivity (Wildman–Crippen MR) is 73.3 cm³/mol. The number of carbonyl (C=O) groups is 1. The van der Waals surface area contributed by atoms with E-state index in [1.54, 1.807) is 7.11 Å². The van der Waals surface area contributed by atoms with Gasteiger partial charge in [0.2, 0.25) is 0 Å². The highest BCUT2D eigenvalue weighted by Gasteiger charge is 2.17. The molecule has 1 unspecified atom stereocenters. The monoisotopic (exact) mass is 262 g/mol. The van der Waals surface area contributed by atoms with Gasteiger partial charge in [-0.3, -0.25) is 4.79 Å². The minimum atomic E-state index is -0.838. The lowest BCUT2D eigenvalue weighted by molar-refractivity contribution is -0.137. The van der Waals surface area contributed by atoms with Crippen LogP contribution in [0.2, 0.25) is 0 Å². The summed E-state index contributed by atoms with van der Waals surface area (Å²) in [7, 11) is 3.55. The Kier molecular flexibility index (Phi) is 3.76. The van der Waals surface area contributed by atoms with E-state index in [2.05, 4.69) is 0 Å². The molecule has 2 rings (SSSR count). The molecule has 0 saturated heterocycles. The molecule has 0 aliphatic heterocycles. The van der Waals surface area contributed by atoms with Gasteiger partial charge < -0.3 is 20.1 Å². The van der Waals surface area contributed by atoms with Crippen LogP contribution in [-0.2, 0) is 11.8 Å². The van der Waals surface area contributed by atoms with Gasteiger partial charge in [-0.1, -0.05) is 0 Å². The molecule has 0 spiro atoms. The van der Waals surface area contributed by atoms with Gasteiger partial charge in [0.1, 0.15) is 5.75 Å². The summed E-state index contributed by atoms with van der Waals surface area (Å²) >= 11 is 0. The van der Waals surface area contributed by atoms with Crippen LogP contribution in [0.15, 0.2) is 24.4 Å². The first-order valence-corrected chi connectivity index (χ1v) is 6.14. The van der Waals surface area contributed by atoms with Crippen LogP contribution in [0.5, 0.6) is 5.75 Å². The van der Waals surface area contributed by atoms with Crippen molar-refractivity contribution in [1.82, 2.24) is 4.57 Å². The first kappa shape index (κ1) is 13.4. The molecule has 1 heterocycles. The number of nitrogens with zero attached hydrogens (tertiary/aromatic N) is 1. The number of aliphatic carboxylic acids is 1. The Morgan fingerprint density at radius 2 is 2.21 bits per heavy atom. The maximum absolute atomic E-state index is 10.7. The standard InChI is InChI=1S/C14H18N2O3/c1-16-8-7-9-11(16)4-5-12(19-2)14(9)10(15)3-6-13(17)18/h4-5,7-8,10H,3,6,15H2,1-2H3,(H,17,18). The fourth-order valence-electron chi connectivity index (χ4n) is 2.34. The van der Waals surface area contributed by atoms with E-state index in [9.17, 15) is 4.79 Å². The van der Waals surface area contributed by atoms with E-state index in [4.69, 9.17) is 15.6 Å². The summed E-state index contributed by atoms with van der Waals surface area (Å²) in [5.41, 5.74) is 8.08. The van der Waals surface area contributed by atoms with Gasteiger partial charge in [-0.15, -0.1) is 0 Å². The van der Waals surface area contributed by atoms with Crippen LogP contribution in [0.3, 0.4) is 0 Å². The molecule has 0 saturated carbocycles. The molecular formula is C14H18N2O3. The Bertz CT molecular complexity index is 604. The zero-order valence-corrected chi connectivity index (χ0v) is 11.1. The highest BCUT2D eigenvalue weighted by Crippen LogP contribution is 2.34. The predicted octanol–water partition coefficient (Wildman–Crippen LogP) is 2.05. The van der Waals surface area contributed by atoms with E-state index >= 15 is 0 Å². The minimum absolute atomic E-state index is 0.0491. The normalized spacial score (nSPS) is 12.6. The number of hydrogen-bond donors (Lipinski definition) is 2. The van der Waals surface area contributed by atoms with Crippen LogP contribution in [0.25, 0.3) is 10.9 Å². The summed E-state index contributed by atoms with van der Waals surface area (Å²) in [6, 6.07) is 5.48. The number of fused-ring (bicyclic) bond motifs is 1. The quantitative estimate of drug-likeness (QED) is 0.864. The molecule has 0 aliphatic rings. The van der Waals surface area contributed by atoms with Crippen LogP contribution in [0, 0.1) is 0 Å². The van der Waals surface area contributed by atoms with Gasteiger partial charge in [-0.2, -0.15) is 0 Å². The Balaban J connectivity index is 2.46. The van der Waals surface area contributed by atoms with Gasteiger partial charge in [0.25, 0.3) is 0 Å². The van der Waals surface area contributed by atoms with Crippen LogP contribution in [0.4, 0.5) is 0 Å². The number of hydrogen-bond acceptors (Lipinski definition) is 3. The number of benzene rings is 1. The first-order chi connectivity index (χ1) is 9.04. The summed E-state index contributed by atoms with van der Waals surface area (Å²) in [5, 5.41) is 9.78. The molecule has 0 radical (unpaired) electrons. The topological polar surface area (TPSA) is 77.5 Å². The molecule has 0 fully saturated rings. The van der Waals surface area contributed by atoms with E-state index in [-0.39, 0.29) is 12.5 Å². The summed E-state index contributed by atoms with van der Waals surface area (Å²) in [6.45, 7) is 0. The molecule has 2 aromatic rings. The van der Waals surface area contributed by atoms with Gasteiger partial charge in [-0.25, -0.2) is 0 Å². The maximum Gasteiger partial charge on any atom is 0.303 e. The van der Waals surface area contributed by atoms with Gasteiger partial charge in [0.15, 0.2) is 0 Å². The van der Waals surface area contributed by atoms with Crippen LogP contribution >= 0.6 is 0 Å². The Morgan fingerprint density at radius 3 is 2.84 bits per heavy atom. The molecule has 1 aromatic heterocycles. The van der Waals surface area contributed by atoms with Crippen molar-refractivity contribution in [1.29, 1.82) is 0 Å². The Morgan fingerprint density at radius 1 is 1.47 bits per heavy atom. The second kappa shape index (κ2) is 5.32. The highest BCUT2D eigenvalue weighted by atomic mass is 16.5. The van der Waals surface area contributed by atoms with Crippen LogP contribution in [0.1, 0.15) is 24.4 Å². The molecule has 0 bridgehead atoms. The highest BCUT2D eigenvalue weighted by molar-refractivity contribution is 5.86. The zero-order valence-electron chi connectivity index (χ0n) is 11.1. The summed E-state index contributed by atoms with van der Waals surface area (Å²) in [4.78, 5) is 10.7. The van der Waals surface area contributed by atoms with Gasteiger partial charge in [0, 0.05) is 42.2 Å². The molecular weight excluding hydrogens is 244 g/mol. The second-order valence-corrected chi connectivity index (χ2v) is 4.58. The molecule has 3 N–H and O–H groups in total. The summed E-state index contributed by atoms with van der Waals surface area (Å²) < 4.78 is 7.36. The molecule has 1 atom stereocenters. The first-order valence-electron chi connectivity index (χ1n) is 6.14. The third-order valence-corrected chi connectivity index (χ3v) is 3.33. The lowest BCUT2D eigenvalue weighted by atomic mass is 9.98. The number of carboxylic acids is 1. The van der Waals surface area contributed by atoms with Crippen molar-refractivity contribution in [2.45, 2.75) is 18.9 Å². The lowest BCUT2D eigenvalue weighted by Crippen LogP contribution is -2.14. The third-order valence-electron chi connectivity index (χ3n) is 3.33. The van der Waals surface area contributed by atoms with Crippen molar-refractivity contribution >= 4 is 16.9 Å². The smallest absolute Gasteiger partial charge is 0.303 e. The van der Waals surface area contributed by atoms with Crippen LogP contribution in [-0.4, -0.2) is 22.8 Å². The van der Waals surface area contributed by atoms with Crippen molar-refractivity contribution in [2.24, 2.45) is 12.8 Å². The number of carboxylic acid groups (broad SMARTS) is 1. The van der Waals surface area contributed by atoms with Gasteiger partial charge in [0.05, 0.1) is 7.11 Å². The molecule has 102 valence electrons. The lowest BCUT2D eigenvalue weighted by Gasteiger charge is -2.16. The van der Waals surface area contributed by atoms with E-state index in [1.165, 1.54) is 0 Å². The second-order valence-electron chi connectivity index (χ2n) is 4.58. The van der Waals surface area contributed by atoms with E-state index in [0.717, 1.165) is 16.5 Å². The summed E-state index contributed by atoms with van der Waals surface area (Å²) in [5.74, 6) is -0.133. The van der Waals surface area contributed by atoms with Crippen molar-refractivity contribution in [3.8, 4) is 5.75 Å². The third kappa shape index (κ3) is 2.56. The number of rotatable bonds is 5. The number of nitrogens with two attached hydrogens (primary N) is 1. The van der Waals surface area contributed by atoms with E-state index < -0.39 is 5.97 Å². The Hall–Kier alpha value is -2.01. The molecule has 0 amide bonds. The average molecular weight is 262 g/mol. The summed E-state index contributed by atoms with van der Waals surface area (Å²) in [6.07, 6.45) is 2.39. The number of ether oxygens (including phenoxy) is 1. The fourth-order valence-corrected chi connectivity index (χ4v) is 2.34. The van der Waals surface area contributed by atoms with Gasteiger partial charge >= 0.3 is 5.97 Å².